The number of amides is 1. The van der Waals surface area contributed by atoms with Gasteiger partial charge in [-0.3, -0.25) is 9.69 Å². The molecule has 0 unspecified atom stereocenters. The summed E-state index contributed by atoms with van der Waals surface area (Å²) in [5.74, 6) is 1.48. The molecule has 0 saturated carbocycles. The van der Waals surface area contributed by atoms with Crippen LogP contribution >= 0.6 is 0 Å². The quantitative estimate of drug-likeness (QED) is 0.438. The summed E-state index contributed by atoms with van der Waals surface area (Å²) in [6, 6.07) is 25.0. The van der Waals surface area contributed by atoms with E-state index in [1.54, 1.807) is 0 Å². The summed E-state index contributed by atoms with van der Waals surface area (Å²) in [6.45, 7) is 3.00. The average Bonchev–Trinajstić information content (AvgIpc) is 2.76. The molecular formula is C26H32N4O2. The molecule has 32 heavy (non-hydrogen) atoms. The molecule has 168 valence electrons. The lowest BCUT2D eigenvalue weighted by molar-refractivity contribution is -0.117. The highest BCUT2D eigenvalue weighted by Crippen LogP contribution is 2.22. The number of nitrogens with two attached hydrogens (primary N) is 1. The first-order valence-electron chi connectivity index (χ1n) is 10.8. The van der Waals surface area contributed by atoms with Crippen molar-refractivity contribution in [3.05, 3.63) is 84.4 Å². The Morgan fingerprint density at radius 2 is 1.56 bits per heavy atom. The number of nitrogens with one attached hydrogen (secondary N) is 1. The van der Waals surface area contributed by atoms with Gasteiger partial charge in [-0.25, -0.2) is 0 Å². The predicted octanol–water partition coefficient (Wildman–Crippen LogP) is 4.45. The Morgan fingerprint density at radius 1 is 0.875 bits per heavy atom. The number of carbonyl (C=O) groups is 1. The minimum absolute atomic E-state index is 0.0302. The molecule has 0 fully saturated rings. The molecule has 6 nitrogen and oxygen atoms in total. The fourth-order valence-corrected chi connectivity index (χ4v) is 3.45. The van der Waals surface area contributed by atoms with Crippen LogP contribution in [0.1, 0.15) is 12.0 Å². The Morgan fingerprint density at radius 3 is 2.28 bits per heavy atom. The van der Waals surface area contributed by atoms with Crippen molar-refractivity contribution in [2.24, 2.45) is 0 Å². The van der Waals surface area contributed by atoms with Crippen LogP contribution < -0.4 is 15.8 Å². The molecule has 3 aromatic carbocycles. The molecule has 3 rings (SSSR count). The van der Waals surface area contributed by atoms with Crippen LogP contribution in [0.15, 0.2) is 78.9 Å². The van der Waals surface area contributed by atoms with Crippen molar-refractivity contribution in [3.8, 4) is 11.5 Å². The molecule has 0 aliphatic carbocycles. The third-order valence-corrected chi connectivity index (χ3v) is 5.01. The van der Waals surface area contributed by atoms with Gasteiger partial charge in [-0.2, -0.15) is 0 Å². The van der Waals surface area contributed by atoms with Crippen LogP contribution in [0.5, 0.6) is 11.5 Å². The van der Waals surface area contributed by atoms with Crippen LogP contribution in [0.25, 0.3) is 0 Å². The lowest BCUT2D eigenvalue weighted by atomic mass is 10.2. The normalized spacial score (nSPS) is 11.0. The van der Waals surface area contributed by atoms with Crippen LogP contribution in [0.4, 0.5) is 11.4 Å². The third-order valence-electron chi connectivity index (χ3n) is 5.01. The monoisotopic (exact) mass is 432 g/mol. The average molecular weight is 433 g/mol. The van der Waals surface area contributed by atoms with Crippen LogP contribution in [-0.4, -0.2) is 49.4 Å². The SMILES string of the molecule is CN(CCCN(C)Cc1cccc(N)c1)CC(=O)Nc1ccc(Oc2ccccc2)cc1. The van der Waals surface area contributed by atoms with Gasteiger partial charge < -0.3 is 20.7 Å². The number of anilines is 2. The highest BCUT2D eigenvalue weighted by molar-refractivity contribution is 5.92. The molecule has 6 heteroatoms. The van der Waals surface area contributed by atoms with Crippen molar-refractivity contribution in [1.29, 1.82) is 0 Å². The van der Waals surface area contributed by atoms with E-state index < -0.39 is 0 Å². The summed E-state index contributed by atoms with van der Waals surface area (Å²) in [7, 11) is 4.06. The number of carbonyl (C=O) groups excluding carboxylic acids is 1. The van der Waals surface area contributed by atoms with Gasteiger partial charge in [0.05, 0.1) is 6.54 Å². The highest BCUT2D eigenvalue weighted by atomic mass is 16.5. The molecule has 0 saturated heterocycles. The standard InChI is InChI=1S/C26H32N4O2/c1-29(19-21-8-6-9-22(27)18-21)16-7-17-30(2)20-26(31)28-23-12-14-25(15-13-23)32-24-10-4-3-5-11-24/h3-6,8-15,18H,7,16-17,19-20,27H2,1-2H3,(H,28,31). The van der Waals surface area contributed by atoms with Gasteiger partial charge >= 0.3 is 0 Å². The second-order valence-electron chi connectivity index (χ2n) is 8.06. The fraction of sp³-hybridized carbons (Fsp3) is 0.269. The number of nitrogens with zero attached hydrogens (tertiary/aromatic N) is 2. The summed E-state index contributed by atoms with van der Waals surface area (Å²) < 4.78 is 5.78. The van der Waals surface area contributed by atoms with Gasteiger partial charge in [0.25, 0.3) is 0 Å². The summed E-state index contributed by atoms with van der Waals surface area (Å²) >= 11 is 0. The zero-order valence-corrected chi connectivity index (χ0v) is 18.8. The van der Waals surface area contributed by atoms with E-state index in [4.69, 9.17) is 10.5 Å². The van der Waals surface area contributed by atoms with Gasteiger partial charge in [0.1, 0.15) is 11.5 Å². The van der Waals surface area contributed by atoms with Gasteiger partial charge in [0.2, 0.25) is 5.91 Å². The largest absolute Gasteiger partial charge is 0.457 e. The maximum Gasteiger partial charge on any atom is 0.238 e. The van der Waals surface area contributed by atoms with Crippen LogP contribution in [0, 0.1) is 0 Å². The predicted molar refractivity (Wildman–Crippen MR) is 131 cm³/mol. The van der Waals surface area contributed by atoms with Crippen LogP contribution in [0.2, 0.25) is 0 Å². The fourth-order valence-electron chi connectivity index (χ4n) is 3.45. The lowest BCUT2D eigenvalue weighted by Crippen LogP contribution is -2.32. The van der Waals surface area contributed by atoms with Crippen LogP contribution in [0.3, 0.4) is 0 Å². The second kappa shape index (κ2) is 11.9. The number of likely N-dealkylation sites (N-methyl/N-ethyl adjacent to an activating group) is 1. The smallest absolute Gasteiger partial charge is 0.238 e. The van der Waals surface area contributed by atoms with E-state index in [9.17, 15) is 4.79 Å². The first-order valence-corrected chi connectivity index (χ1v) is 10.8. The molecule has 3 N–H and O–H groups in total. The number of hydrogen-bond acceptors (Lipinski definition) is 5. The number of para-hydroxylation sites is 1. The molecule has 0 aromatic heterocycles. The first kappa shape index (κ1) is 23.3. The summed E-state index contributed by atoms with van der Waals surface area (Å²) in [4.78, 5) is 16.7. The molecule has 0 heterocycles. The topological polar surface area (TPSA) is 70.8 Å². The van der Waals surface area contributed by atoms with Crippen molar-refractivity contribution in [2.45, 2.75) is 13.0 Å². The molecule has 1 amide bonds. The summed E-state index contributed by atoms with van der Waals surface area (Å²) in [5.41, 5.74) is 8.60. The van der Waals surface area contributed by atoms with E-state index in [1.165, 1.54) is 5.56 Å². The maximum absolute atomic E-state index is 12.4. The van der Waals surface area contributed by atoms with E-state index in [2.05, 4.69) is 23.3 Å². The molecule has 0 spiro atoms. The second-order valence-corrected chi connectivity index (χ2v) is 8.06. The van der Waals surface area contributed by atoms with Gasteiger partial charge in [0.15, 0.2) is 0 Å². The molecule has 3 aromatic rings. The summed E-state index contributed by atoms with van der Waals surface area (Å²) in [5, 5.41) is 2.94. The third kappa shape index (κ3) is 8.06. The Balaban J connectivity index is 1.35. The molecule has 0 aliphatic rings. The van der Waals surface area contributed by atoms with Gasteiger partial charge in [-0.1, -0.05) is 30.3 Å². The van der Waals surface area contributed by atoms with Gasteiger partial charge in [0, 0.05) is 17.9 Å². The Bertz CT molecular complexity index is 977. The minimum Gasteiger partial charge on any atom is -0.457 e. The number of benzene rings is 3. The lowest BCUT2D eigenvalue weighted by Gasteiger charge is -2.20. The minimum atomic E-state index is -0.0302. The van der Waals surface area contributed by atoms with Crippen molar-refractivity contribution in [2.75, 3.05) is 44.8 Å². The Hall–Kier alpha value is -3.35. The molecule has 0 atom stereocenters. The van der Waals surface area contributed by atoms with E-state index in [0.29, 0.717) is 6.54 Å². The number of hydrogen-bond donors (Lipinski definition) is 2. The molecular weight excluding hydrogens is 400 g/mol. The summed E-state index contributed by atoms with van der Waals surface area (Å²) in [6.07, 6.45) is 0.980. The molecule has 0 radical (unpaired) electrons. The highest BCUT2D eigenvalue weighted by Gasteiger charge is 2.08. The van der Waals surface area contributed by atoms with Gasteiger partial charge in [-0.05, 0) is 87.7 Å². The molecule has 0 bridgehead atoms. The van der Waals surface area contributed by atoms with Crippen molar-refractivity contribution >= 4 is 17.3 Å². The first-order chi connectivity index (χ1) is 15.5. The number of rotatable bonds is 11. The van der Waals surface area contributed by atoms with Crippen molar-refractivity contribution in [3.63, 3.8) is 0 Å². The van der Waals surface area contributed by atoms with Gasteiger partial charge in [-0.15, -0.1) is 0 Å². The van der Waals surface area contributed by atoms with Crippen LogP contribution in [-0.2, 0) is 11.3 Å². The van der Waals surface area contributed by atoms with Crippen molar-refractivity contribution < 1.29 is 9.53 Å². The number of ether oxygens (including phenoxy) is 1. The Labute approximate surface area is 190 Å². The molecule has 0 aliphatic heterocycles. The van der Waals surface area contributed by atoms with E-state index in [1.807, 2.05) is 84.7 Å². The zero-order chi connectivity index (χ0) is 22.8. The zero-order valence-electron chi connectivity index (χ0n) is 18.8. The maximum atomic E-state index is 12.4. The van der Waals surface area contributed by atoms with E-state index in [0.717, 1.165) is 48.9 Å². The van der Waals surface area contributed by atoms with E-state index in [-0.39, 0.29) is 5.91 Å². The van der Waals surface area contributed by atoms with E-state index >= 15 is 0 Å². The Kier molecular flexibility index (Phi) is 8.66. The van der Waals surface area contributed by atoms with Crippen molar-refractivity contribution in [1.82, 2.24) is 9.80 Å². The number of nitrogen functional groups attached to an aromatic ring is 1.